The number of carbonyl (C=O) groups is 2. The number of hydrogen-bond donors (Lipinski definition) is 2. The number of urea groups is 1. The number of nitrogens with one attached hydrogen (secondary N) is 1. The van der Waals surface area contributed by atoms with Gasteiger partial charge in [0.25, 0.3) is 0 Å². The van der Waals surface area contributed by atoms with E-state index in [1.54, 1.807) is 12.1 Å². The summed E-state index contributed by atoms with van der Waals surface area (Å²) < 4.78 is 12.9. The summed E-state index contributed by atoms with van der Waals surface area (Å²) in [4.78, 5) is 23.9. The highest BCUT2D eigenvalue weighted by molar-refractivity contribution is 5.94. The van der Waals surface area contributed by atoms with Gasteiger partial charge in [0.2, 0.25) is 5.91 Å². The second-order valence-electron chi connectivity index (χ2n) is 4.20. The summed E-state index contributed by atoms with van der Waals surface area (Å²) in [7, 11) is 0. The zero-order chi connectivity index (χ0) is 14.4. The minimum absolute atomic E-state index is 0.0536. The minimum Gasteiger partial charge on any atom is -0.351 e. The Kier molecular flexibility index (Phi) is 5.44. The fourth-order valence-corrected chi connectivity index (χ4v) is 1.84. The molecule has 0 bridgehead atoms. The van der Waals surface area contributed by atoms with E-state index in [1.165, 1.54) is 12.1 Å². The van der Waals surface area contributed by atoms with Crippen LogP contribution in [0, 0.1) is 5.82 Å². The lowest BCUT2D eigenvalue weighted by Crippen LogP contribution is -2.43. The SMILES string of the molecule is CCN(CC(=O)NC(N)=O)C(C)c1ccc(F)cc1. The van der Waals surface area contributed by atoms with E-state index in [1.807, 2.05) is 24.1 Å². The maximum atomic E-state index is 12.9. The number of nitrogens with two attached hydrogens (primary N) is 1. The fourth-order valence-electron chi connectivity index (χ4n) is 1.84. The number of likely N-dealkylation sites (N-methyl/N-ethyl adjacent to an activating group) is 1. The molecule has 5 nitrogen and oxygen atoms in total. The summed E-state index contributed by atoms with van der Waals surface area (Å²) in [6, 6.07) is 5.18. The van der Waals surface area contributed by atoms with Gasteiger partial charge in [0, 0.05) is 6.04 Å². The largest absolute Gasteiger partial charge is 0.351 e. The van der Waals surface area contributed by atoms with Crippen LogP contribution in [0.3, 0.4) is 0 Å². The van der Waals surface area contributed by atoms with Crippen LogP contribution in [0.5, 0.6) is 0 Å². The Labute approximate surface area is 111 Å². The summed E-state index contributed by atoms with van der Waals surface area (Å²) in [6.45, 7) is 4.48. The summed E-state index contributed by atoms with van der Waals surface area (Å²) in [6.07, 6.45) is 0. The Morgan fingerprint density at radius 3 is 2.42 bits per heavy atom. The van der Waals surface area contributed by atoms with Gasteiger partial charge in [-0.1, -0.05) is 19.1 Å². The van der Waals surface area contributed by atoms with E-state index in [0.717, 1.165) is 5.56 Å². The lowest BCUT2D eigenvalue weighted by Gasteiger charge is -2.27. The van der Waals surface area contributed by atoms with E-state index >= 15 is 0 Å². The second kappa shape index (κ2) is 6.84. The third-order valence-electron chi connectivity index (χ3n) is 2.92. The Morgan fingerprint density at radius 2 is 1.95 bits per heavy atom. The van der Waals surface area contributed by atoms with Gasteiger partial charge in [0.1, 0.15) is 5.82 Å². The minimum atomic E-state index is -0.865. The molecule has 1 rings (SSSR count). The van der Waals surface area contributed by atoms with Gasteiger partial charge in [-0.25, -0.2) is 9.18 Å². The van der Waals surface area contributed by atoms with Crippen LogP contribution in [-0.2, 0) is 4.79 Å². The normalized spacial score (nSPS) is 12.2. The average Bonchev–Trinajstić information content (AvgIpc) is 2.35. The lowest BCUT2D eigenvalue weighted by molar-refractivity contribution is -0.121. The Balaban J connectivity index is 2.71. The van der Waals surface area contributed by atoms with Gasteiger partial charge in [-0.05, 0) is 31.2 Å². The van der Waals surface area contributed by atoms with Crippen molar-refractivity contribution in [2.24, 2.45) is 5.73 Å². The number of halogens is 1. The predicted octanol–water partition coefficient (Wildman–Crippen LogP) is 1.40. The van der Waals surface area contributed by atoms with Crippen molar-refractivity contribution in [3.05, 3.63) is 35.6 Å². The first-order chi connectivity index (χ1) is 8.93. The van der Waals surface area contributed by atoms with E-state index in [4.69, 9.17) is 5.73 Å². The van der Waals surface area contributed by atoms with Gasteiger partial charge in [0.05, 0.1) is 6.54 Å². The zero-order valence-electron chi connectivity index (χ0n) is 11.0. The molecule has 0 aliphatic carbocycles. The monoisotopic (exact) mass is 267 g/mol. The molecule has 1 aromatic rings. The highest BCUT2D eigenvalue weighted by atomic mass is 19.1. The van der Waals surface area contributed by atoms with Crippen LogP contribution in [0.15, 0.2) is 24.3 Å². The molecule has 0 aliphatic heterocycles. The third-order valence-corrected chi connectivity index (χ3v) is 2.92. The van der Waals surface area contributed by atoms with Crippen molar-refractivity contribution >= 4 is 11.9 Å². The van der Waals surface area contributed by atoms with E-state index in [0.29, 0.717) is 6.54 Å². The van der Waals surface area contributed by atoms with Crippen molar-refractivity contribution < 1.29 is 14.0 Å². The molecule has 0 saturated heterocycles. The Hall–Kier alpha value is -1.95. The zero-order valence-corrected chi connectivity index (χ0v) is 11.0. The van der Waals surface area contributed by atoms with Crippen LogP contribution in [0.2, 0.25) is 0 Å². The van der Waals surface area contributed by atoms with Gasteiger partial charge in [-0.3, -0.25) is 15.0 Å². The molecule has 104 valence electrons. The highest BCUT2D eigenvalue weighted by Crippen LogP contribution is 2.19. The Bertz CT molecular complexity index is 448. The Morgan fingerprint density at radius 1 is 1.37 bits per heavy atom. The van der Waals surface area contributed by atoms with Crippen molar-refractivity contribution in [2.45, 2.75) is 19.9 Å². The number of nitrogens with zero attached hydrogens (tertiary/aromatic N) is 1. The van der Waals surface area contributed by atoms with Gasteiger partial charge in [0.15, 0.2) is 0 Å². The quantitative estimate of drug-likeness (QED) is 0.846. The molecular weight excluding hydrogens is 249 g/mol. The van der Waals surface area contributed by atoms with E-state index in [-0.39, 0.29) is 18.4 Å². The predicted molar refractivity (Wildman–Crippen MR) is 69.8 cm³/mol. The topological polar surface area (TPSA) is 75.4 Å². The summed E-state index contributed by atoms with van der Waals surface area (Å²) >= 11 is 0. The van der Waals surface area contributed by atoms with Crippen molar-refractivity contribution in [2.75, 3.05) is 13.1 Å². The van der Waals surface area contributed by atoms with Crippen molar-refractivity contribution in [3.8, 4) is 0 Å². The highest BCUT2D eigenvalue weighted by Gasteiger charge is 2.17. The van der Waals surface area contributed by atoms with Crippen LogP contribution < -0.4 is 11.1 Å². The number of amides is 3. The van der Waals surface area contributed by atoms with Crippen molar-refractivity contribution in [3.63, 3.8) is 0 Å². The number of carbonyl (C=O) groups excluding carboxylic acids is 2. The van der Waals surface area contributed by atoms with Gasteiger partial charge in [-0.2, -0.15) is 0 Å². The number of benzene rings is 1. The van der Waals surface area contributed by atoms with Crippen molar-refractivity contribution in [1.82, 2.24) is 10.2 Å². The third kappa shape index (κ3) is 4.67. The average molecular weight is 267 g/mol. The molecule has 0 saturated carbocycles. The van der Waals surface area contributed by atoms with Crippen LogP contribution in [0.25, 0.3) is 0 Å². The van der Waals surface area contributed by atoms with Gasteiger partial charge < -0.3 is 5.73 Å². The molecule has 19 heavy (non-hydrogen) atoms. The summed E-state index contributed by atoms with van der Waals surface area (Å²) in [5.74, 6) is -0.756. The lowest BCUT2D eigenvalue weighted by atomic mass is 10.1. The molecule has 1 aromatic carbocycles. The van der Waals surface area contributed by atoms with E-state index in [9.17, 15) is 14.0 Å². The first kappa shape index (κ1) is 15.1. The molecule has 3 N–H and O–H groups in total. The van der Waals surface area contributed by atoms with Crippen LogP contribution in [0.4, 0.5) is 9.18 Å². The molecule has 0 aliphatic rings. The van der Waals surface area contributed by atoms with Gasteiger partial charge >= 0.3 is 6.03 Å². The number of primary amides is 1. The molecule has 6 heteroatoms. The van der Waals surface area contributed by atoms with Crippen LogP contribution >= 0.6 is 0 Å². The maximum Gasteiger partial charge on any atom is 0.318 e. The smallest absolute Gasteiger partial charge is 0.318 e. The van der Waals surface area contributed by atoms with Crippen LogP contribution in [0.1, 0.15) is 25.5 Å². The van der Waals surface area contributed by atoms with Crippen LogP contribution in [-0.4, -0.2) is 29.9 Å². The molecular formula is C13H18FN3O2. The second-order valence-corrected chi connectivity index (χ2v) is 4.20. The van der Waals surface area contributed by atoms with Crippen molar-refractivity contribution in [1.29, 1.82) is 0 Å². The van der Waals surface area contributed by atoms with Gasteiger partial charge in [-0.15, -0.1) is 0 Å². The molecule has 0 spiro atoms. The first-order valence-electron chi connectivity index (χ1n) is 6.02. The fraction of sp³-hybridized carbons (Fsp3) is 0.385. The number of hydrogen-bond acceptors (Lipinski definition) is 3. The summed E-state index contributed by atoms with van der Waals surface area (Å²) in [5, 5.41) is 2.02. The van der Waals surface area contributed by atoms with E-state index in [2.05, 4.69) is 0 Å². The molecule has 0 fully saturated rings. The molecule has 0 aromatic heterocycles. The summed E-state index contributed by atoms with van der Waals surface area (Å²) in [5.41, 5.74) is 5.78. The van der Waals surface area contributed by atoms with E-state index < -0.39 is 11.9 Å². The standard InChI is InChI=1S/C13H18FN3O2/c1-3-17(8-12(18)16-13(15)19)9(2)10-4-6-11(14)7-5-10/h4-7,9H,3,8H2,1-2H3,(H3,15,16,18,19). The number of imide groups is 1. The molecule has 0 heterocycles. The number of rotatable bonds is 5. The maximum absolute atomic E-state index is 12.9. The molecule has 1 atom stereocenters. The molecule has 0 radical (unpaired) electrons. The molecule has 1 unspecified atom stereocenters. The molecule has 3 amide bonds. The first-order valence-corrected chi connectivity index (χ1v) is 6.02.